The van der Waals surface area contributed by atoms with Crippen LogP contribution in [0.4, 0.5) is 5.69 Å². The highest BCUT2D eigenvalue weighted by Crippen LogP contribution is 2.03. The van der Waals surface area contributed by atoms with Gasteiger partial charge < -0.3 is 4.98 Å². The van der Waals surface area contributed by atoms with Crippen LogP contribution in [0, 0.1) is 0 Å². The molecule has 0 bridgehead atoms. The Morgan fingerprint density at radius 3 is 2.73 bits per heavy atom. The molecule has 0 heterocycles. The SMILES string of the molecule is C=CC[SiH2]Nc1ccccc1. The number of nitrogens with one attached hydrogen (secondary N) is 1. The molecule has 1 rings (SSSR count). The molecule has 1 nitrogen and oxygen atoms in total. The van der Waals surface area contributed by atoms with E-state index in [9.17, 15) is 0 Å². The molecule has 1 aromatic rings. The second kappa shape index (κ2) is 4.74. The zero-order valence-corrected chi connectivity index (χ0v) is 8.00. The van der Waals surface area contributed by atoms with Crippen molar-refractivity contribution in [3.05, 3.63) is 43.0 Å². The average Bonchev–Trinajstić information content (AvgIpc) is 2.07. The van der Waals surface area contributed by atoms with E-state index in [1.165, 1.54) is 5.69 Å². The zero-order chi connectivity index (χ0) is 7.94. The Kier molecular flexibility index (Phi) is 3.48. The third-order valence-corrected chi connectivity index (χ3v) is 2.81. The molecule has 0 aliphatic carbocycles. The molecule has 1 N–H and O–H groups in total. The van der Waals surface area contributed by atoms with Crippen molar-refractivity contribution in [3.8, 4) is 0 Å². The molecule has 0 radical (unpaired) electrons. The van der Waals surface area contributed by atoms with E-state index >= 15 is 0 Å². The van der Waals surface area contributed by atoms with Crippen LogP contribution >= 0.6 is 0 Å². The maximum absolute atomic E-state index is 3.69. The number of benzene rings is 1. The molecule has 0 unspecified atom stereocenters. The van der Waals surface area contributed by atoms with Crippen LogP contribution in [0.15, 0.2) is 43.0 Å². The number of anilines is 1. The predicted molar refractivity (Wildman–Crippen MR) is 53.6 cm³/mol. The summed E-state index contributed by atoms with van der Waals surface area (Å²) in [5, 5.41) is 0. The van der Waals surface area contributed by atoms with Crippen LogP contribution in [0.2, 0.25) is 6.04 Å². The third-order valence-electron chi connectivity index (χ3n) is 1.45. The van der Waals surface area contributed by atoms with Crippen LogP contribution in [0.25, 0.3) is 0 Å². The first-order valence-electron chi connectivity index (χ1n) is 3.83. The quantitative estimate of drug-likeness (QED) is 0.405. The van der Waals surface area contributed by atoms with Crippen molar-refractivity contribution in [2.75, 3.05) is 4.98 Å². The predicted octanol–water partition coefficient (Wildman–Crippen LogP) is 1.79. The van der Waals surface area contributed by atoms with Crippen LogP contribution in [-0.2, 0) is 0 Å². The molecule has 2 heteroatoms. The normalized spacial score (nSPS) is 10.2. The lowest BCUT2D eigenvalue weighted by Gasteiger charge is -2.01. The summed E-state index contributed by atoms with van der Waals surface area (Å²) in [5.74, 6) is 0. The number of rotatable bonds is 4. The largest absolute Gasteiger partial charge is 0.415 e. The van der Waals surface area contributed by atoms with E-state index in [0.29, 0.717) is 0 Å². The maximum atomic E-state index is 3.69. The molecule has 58 valence electrons. The van der Waals surface area contributed by atoms with Crippen molar-refractivity contribution >= 4 is 15.4 Å². The molecular weight excluding hydrogens is 150 g/mol. The van der Waals surface area contributed by atoms with Crippen LogP contribution in [0.1, 0.15) is 0 Å². The van der Waals surface area contributed by atoms with Gasteiger partial charge in [0, 0.05) is 5.69 Å². The van der Waals surface area contributed by atoms with E-state index in [1.807, 2.05) is 24.3 Å². The fourth-order valence-corrected chi connectivity index (χ4v) is 1.75. The highest BCUT2D eigenvalue weighted by atomic mass is 28.2. The second-order valence-electron chi connectivity index (χ2n) is 2.37. The number of allylic oxidation sites excluding steroid dienone is 1. The average molecular weight is 163 g/mol. The first kappa shape index (κ1) is 8.08. The number of hydrogen-bond donors (Lipinski definition) is 1. The molecule has 1 aromatic carbocycles. The summed E-state index contributed by atoms with van der Waals surface area (Å²) < 4.78 is 0. The van der Waals surface area contributed by atoms with Gasteiger partial charge in [-0.25, -0.2) is 0 Å². The van der Waals surface area contributed by atoms with E-state index < -0.39 is 0 Å². The van der Waals surface area contributed by atoms with Crippen LogP contribution in [0.5, 0.6) is 0 Å². The molecule has 0 atom stereocenters. The molecular formula is C9H13NSi. The van der Waals surface area contributed by atoms with Crippen LogP contribution < -0.4 is 4.98 Å². The van der Waals surface area contributed by atoms with E-state index in [1.54, 1.807) is 0 Å². The van der Waals surface area contributed by atoms with Crippen LogP contribution in [0.3, 0.4) is 0 Å². The van der Waals surface area contributed by atoms with Gasteiger partial charge in [-0.05, 0) is 18.2 Å². The molecule has 0 spiro atoms. The topological polar surface area (TPSA) is 12.0 Å². The molecule has 11 heavy (non-hydrogen) atoms. The summed E-state index contributed by atoms with van der Waals surface area (Å²) in [6.45, 7) is 3.69. The van der Waals surface area contributed by atoms with Gasteiger partial charge in [0.15, 0.2) is 0 Å². The first-order chi connectivity index (χ1) is 5.43. The lowest BCUT2D eigenvalue weighted by molar-refractivity contribution is 1.62. The van der Waals surface area contributed by atoms with Gasteiger partial charge in [-0.3, -0.25) is 0 Å². The van der Waals surface area contributed by atoms with Gasteiger partial charge in [0.2, 0.25) is 0 Å². The van der Waals surface area contributed by atoms with Gasteiger partial charge in [-0.15, -0.1) is 6.58 Å². The van der Waals surface area contributed by atoms with E-state index in [-0.39, 0.29) is 9.68 Å². The van der Waals surface area contributed by atoms with E-state index in [2.05, 4.69) is 23.7 Å². The van der Waals surface area contributed by atoms with Gasteiger partial charge in [0.1, 0.15) is 9.68 Å². The fraction of sp³-hybridized carbons (Fsp3) is 0.111. The molecule has 0 aliphatic rings. The fourth-order valence-electron chi connectivity index (χ4n) is 0.875. The Morgan fingerprint density at radius 1 is 1.36 bits per heavy atom. The maximum Gasteiger partial charge on any atom is 0.124 e. The molecule has 0 fully saturated rings. The van der Waals surface area contributed by atoms with Crippen LogP contribution in [-0.4, -0.2) is 9.68 Å². The lowest BCUT2D eigenvalue weighted by Crippen LogP contribution is -2.03. The molecule has 0 saturated heterocycles. The lowest BCUT2D eigenvalue weighted by atomic mass is 10.3. The summed E-state index contributed by atoms with van der Waals surface area (Å²) >= 11 is 0. The Morgan fingerprint density at radius 2 is 2.09 bits per heavy atom. The third kappa shape index (κ3) is 3.05. The Hall–Kier alpha value is -1.02. The summed E-state index contributed by atoms with van der Waals surface area (Å²) in [6, 6.07) is 11.5. The second-order valence-corrected chi connectivity index (χ2v) is 3.80. The Bertz CT molecular complexity index is 208. The molecule has 0 saturated carbocycles. The van der Waals surface area contributed by atoms with Gasteiger partial charge in [0.05, 0.1) is 0 Å². The smallest absolute Gasteiger partial charge is 0.124 e. The van der Waals surface area contributed by atoms with Gasteiger partial charge in [-0.1, -0.05) is 24.3 Å². The first-order valence-corrected chi connectivity index (χ1v) is 5.54. The van der Waals surface area contributed by atoms with Gasteiger partial charge in [-0.2, -0.15) is 0 Å². The minimum atomic E-state index is -0.155. The summed E-state index contributed by atoms with van der Waals surface area (Å²) in [5.41, 5.74) is 1.24. The van der Waals surface area contributed by atoms with Crippen molar-refractivity contribution in [1.82, 2.24) is 0 Å². The van der Waals surface area contributed by atoms with Gasteiger partial charge in [0.25, 0.3) is 0 Å². The molecule has 0 aromatic heterocycles. The molecule has 0 aliphatic heterocycles. The number of para-hydroxylation sites is 1. The summed E-state index contributed by atoms with van der Waals surface area (Å²) in [4.78, 5) is 3.41. The zero-order valence-electron chi connectivity index (χ0n) is 6.59. The monoisotopic (exact) mass is 163 g/mol. The van der Waals surface area contributed by atoms with Crippen molar-refractivity contribution in [2.45, 2.75) is 6.04 Å². The van der Waals surface area contributed by atoms with Crippen molar-refractivity contribution < 1.29 is 0 Å². The Labute approximate surface area is 70.0 Å². The highest BCUT2D eigenvalue weighted by Gasteiger charge is 1.86. The Balaban J connectivity index is 2.33. The van der Waals surface area contributed by atoms with Gasteiger partial charge >= 0.3 is 0 Å². The van der Waals surface area contributed by atoms with Crippen molar-refractivity contribution in [2.24, 2.45) is 0 Å². The number of hydrogen-bond acceptors (Lipinski definition) is 1. The minimum absolute atomic E-state index is 0.155. The standard InChI is InChI=1S/C9H13NSi/c1-2-8-11-10-9-6-4-3-5-7-9/h2-7,10H,1,8,11H2. The summed E-state index contributed by atoms with van der Waals surface area (Å²) in [6.07, 6.45) is 1.97. The summed E-state index contributed by atoms with van der Waals surface area (Å²) in [7, 11) is -0.155. The highest BCUT2D eigenvalue weighted by molar-refractivity contribution is 6.40. The van der Waals surface area contributed by atoms with E-state index in [0.717, 1.165) is 6.04 Å². The minimum Gasteiger partial charge on any atom is -0.415 e. The van der Waals surface area contributed by atoms with Crippen molar-refractivity contribution in [3.63, 3.8) is 0 Å². The molecule has 0 amide bonds. The van der Waals surface area contributed by atoms with Crippen molar-refractivity contribution in [1.29, 1.82) is 0 Å². The van der Waals surface area contributed by atoms with E-state index in [4.69, 9.17) is 0 Å².